The van der Waals surface area contributed by atoms with Gasteiger partial charge in [0.25, 0.3) is 0 Å². The van der Waals surface area contributed by atoms with Gasteiger partial charge in [0.2, 0.25) is 5.95 Å². The van der Waals surface area contributed by atoms with Crippen LogP contribution in [0, 0.1) is 0 Å². The van der Waals surface area contributed by atoms with Crippen LogP contribution in [0.15, 0.2) is 18.2 Å². The number of nitrogens with two attached hydrogens (primary N) is 1. The molecule has 0 radical (unpaired) electrons. The van der Waals surface area contributed by atoms with Gasteiger partial charge in [0.15, 0.2) is 5.82 Å². The number of hydrogen-bond acceptors (Lipinski definition) is 8. The van der Waals surface area contributed by atoms with E-state index in [0.29, 0.717) is 40.3 Å². The Hall–Kier alpha value is -1.71. The zero-order valence-corrected chi connectivity index (χ0v) is 16.3. The third-order valence-corrected chi connectivity index (χ3v) is 5.04. The number of halogens is 2. The first-order valence-electron chi connectivity index (χ1n) is 8.47. The van der Waals surface area contributed by atoms with E-state index in [4.69, 9.17) is 38.4 Å². The van der Waals surface area contributed by atoms with E-state index in [2.05, 4.69) is 15.2 Å². The van der Waals surface area contributed by atoms with E-state index in [1.165, 1.54) is 7.11 Å². The molecule has 0 aliphatic carbocycles. The molecule has 0 unspecified atom stereocenters. The van der Waals surface area contributed by atoms with Crippen molar-refractivity contribution in [2.75, 3.05) is 44.0 Å². The van der Waals surface area contributed by atoms with E-state index in [0.717, 1.165) is 6.42 Å². The topological polar surface area (TPSA) is 107 Å². The highest BCUT2D eigenvalue weighted by molar-refractivity contribution is 6.43. The lowest BCUT2D eigenvalue weighted by Gasteiger charge is -2.18. The number of methoxy groups -OCH3 is 1. The van der Waals surface area contributed by atoms with Gasteiger partial charge in [-0.2, -0.15) is 4.98 Å². The van der Waals surface area contributed by atoms with Crippen molar-refractivity contribution in [1.82, 2.24) is 15.2 Å². The summed E-state index contributed by atoms with van der Waals surface area (Å²) in [7, 11) is 1.54. The maximum atomic E-state index is 9.67. The Morgan fingerprint density at radius 3 is 2.89 bits per heavy atom. The van der Waals surface area contributed by atoms with Crippen molar-refractivity contribution in [3.8, 4) is 11.3 Å². The van der Waals surface area contributed by atoms with Gasteiger partial charge in [-0.15, -0.1) is 10.2 Å². The Bertz CT molecular complexity index is 795. The highest BCUT2D eigenvalue weighted by atomic mass is 35.5. The number of benzene rings is 1. The number of aliphatic hydroxyl groups excluding tert-OH is 1. The molecular formula is C17H21Cl2N5O3. The minimum atomic E-state index is -0.640. The lowest BCUT2D eigenvalue weighted by molar-refractivity contribution is -0.0298. The van der Waals surface area contributed by atoms with Crippen molar-refractivity contribution in [2.24, 2.45) is 0 Å². The van der Waals surface area contributed by atoms with Crippen LogP contribution in [0.4, 0.5) is 11.8 Å². The second-order valence-electron chi connectivity index (χ2n) is 6.25. The van der Waals surface area contributed by atoms with Crippen LogP contribution < -0.4 is 10.6 Å². The molecule has 2 atom stereocenters. The van der Waals surface area contributed by atoms with Crippen molar-refractivity contribution in [1.29, 1.82) is 0 Å². The van der Waals surface area contributed by atoms with Gasteiger partial charge in [-0.1, -0.05) is 35.3 Å². The average Bonchev–Trinajstić information content (AvgIpc) is 3.12. The summed E-state index contributed by atoms with van der Waals surface area (Å²) < 4.78 is 10.6. The number of hydrogen-bond donors (Lipinski definition) is 2. The molecule has 10 heteroatoms. The summed E-state index contributed by atoms with van der Waals surface area (Å²) in [6.07, 6.45) is 0.132. The predicted molar refractivity (Wildman–Crippen MR) is 104 cm³/mol. The van der Waals surface area contributed by atoms with Crippen LogP contribution in [0.5, 0.6) is 0 Å². The molecule has 2 aromatic rings. The number of rotatable bonds is 7. The van der Waals surface area contributed by atoms with Gasteiger partial charge in [0.1, 0.15) is 11.8 Å². The summed E-state index contributed by atoms with van der Waals surface area (Å²) in [5.74, 6) is 0.655. The smallest absolute Gasteiger partial charge is 0.247 e. The van der Waals surface area contributed by atoms with Gasteiger partial charge in [-0.25, -0.2) is 0 Å². The summed E-state index contributed by atoms with van der Waals surface area (Å²) in [4.78, 5) is 6.31. The monoisotopic (exact) mass is 413 g/mol. The van der Waals surface area contributed by atoms with Crippen molar-refractivity contribution in [3.05, 3.63) is 28.2 Å². The number of aromatic nitrogens is 3. The second-order valence-corrected chi connectivity index (χ2v) is 7.03. The fourth-order valence-electron chi connectivity index (χ4n) is 2.88. The molecule has 8 nitrogen and oxygen atoms in total. The Labute approximate surface area is 167 Å². The molecule has 27 heavy (non-hydrogen) atoms. The van der Waals surface area contributed by atoms with Crippen LogP contribution in [0.3, 0.4) is 0 Å². The molecule has 3 N–H and O–H groups in total. The zero-order chi connectivity index (χ0) is 19.4. The lowest BCUT2D eigenvalue weighted by atomic mass is 10.1. The first kappa shape index (κ1) is 20.0. The molecule has 0 saturated carbocycles. The summed E-state index contributed by atoms with van der Waals surface area (Å²) in [6, 6.07) is 5.22. The minimum absolute atomic E-state index is 0.0246. The SMILES string of the molecule is COC[C@@H](O)CO[C@H]1CCN(c2nnc(-c3cccc(Cl)c3Cl)c(N)n2)C1. The van der Waals surface area contributed by atoms with Crippen LogP contribution in [-0.2, 0) is 9.47 Å². The molecule has 0 bridgehead atoms. The molecule has 1 aliphatic heterocycles. The fraction of sp³-hybridized carbons (Fsp3) is 0.471. The first-order chi connectivity index (χ1) is 13.0. The van der Waals surface area contributed by atoms with Gasteiger partial charge in [-0.3, -0.25) is 0 Å². The van der Waals surface area contributed by atoms with E-state index in [1.807, 2.05) is 4.90 Å². The molecule has 1 aromatic heterocycles. The minimum Gasteiger partial charge on any atom is -0.388 e. The van der Waals surface area contributed by atoms with Crippen molar-refractivity contribution >= 4 is 35.0 Å². The van der Waals surface area contributed by atoms with E-state index in [9.17, 15) is 5.11 Å². The Morgan fingerprint density at radius 1 is 1.33 bits per heavy atom. The van der Waals surface area contributed by atoms with Gasteiger partial charge in [-0.05, 0) is 12.5 Å². The van der Waals surface area contributed by atoms with Gasteiger partial charge >= 0.3 is 0 Å². The Balaban J connectivity index is 1.67. The first-order valence-corrected chi connectivity index (χ1v) is 9.23. The fourth-order valence-corrected chi connectivity index (χ4v) is 3.27. The molecule has 146 valence electrons. The highest BCUT2D eigenvalue weighted by Crippen LogP contribution is 2.34. The normalized spacial score (nSPS) is 18.1. The number of aliphatic hydroxyl groups is 1. The standard InChI is InChI=1S/C17H21Cl2N5O3/c1-26-8-10(25)9-27-11-5-6-24(7-11)17-21-16(20)15(22-23-17)12-3-2-4-13(18)14(12)19/h2-4,10-11,25H,5-9H2,1H3,(H2,20,21,23)/t10-,11+/m1/s1. The van der Waals surface area contributed by atoms with Crippen molar-refractivity contribution < 1.29 is 14.6 Å². The van der Waals surface area contributed by atoms with Gasteiger partial charge in [0, 0.05) is 25.8 Å². The molecule has 0 amide bonds. The van der Waals surface area contributed by atoms with Crippen molar-refractivity contribution in [3.63, 3.8) is 0 Å². The Kier molecular flexibility index (Phi) is 6.67. The molecule has 3 rings (SSSR count). The van der Waals surface area contributed by atoms with Crippen LogP contribution in [0.25, 0.3) is 11.3 Å². The summed E-state index contributed by atoms with van der Waals surface area (Å²) in [5.41, 5.74) is 7.06. The summed E-state index contributed by atoms with van der Waals surface area (Å²) in [6.45, 7) is 1.77. The summed E-state index contributed by atoms with van der Waals surface area (Å²) in [5, 5.41) is 18.8. The van der Waals surface area contributed by atoms with Crippen LogP contribution in [0.2, 0.25) is 10.0 Å². The lowest BCUT2D eigenvalue weighted by Crippen LogP contribution is -2.28. The van der Waals surface area contributed by atoms with E-state index in [-0.39, 0.29) is 25.1 Å². The van der Waals surface area contributed by atoms with Crippen LogP contribution in [-0.4, -0.2) is 65.9 Å². The molecular weight excluding hydrogens is 393 g/mol. The Morgan fingerprint density at radius 2 is 2.15 bits per heavy atom. The predicted octanol–water partition coefficient (Wildman–Crippen LogP) is 2.03. The number of ether oxygens (including phenoxy) is 2. The summed E-state index contributed by atoms with van der Waals surface area (Å²) >= 11 is 12.3. The van der Waals surface area contributed by atoms with Crippen LogP contribution >= 0.6 is 23.2 Å². The van der Waals surface area contributed by atoms with E-state index >= 15 is 0 Å². The van der Waals surface area contributed by atoms with Gasteiger partial charge in [0.05, 0.1) is 29.4 Å². The molecule has 1 saturated heterocycles. The number of nitrogen functional groups attached to an aromatic ring is 1. The zero-order valence-electron chi connectivity index (χ0n) is 14.8. The van der Waals surface area contributed by atoms with E-state index in [1.54, 1.807) is 18.2 Å². The third-order valence-electron chi connectivity index (χ3n) is 4.22. The average molecular weight is 414 g/mol. The van der Waals surface area contributed by atoms with Gasteiger partial charge < -0.3 is 25.2 Å². The van der Waals surface area contributed by atoms with E-state index < -0.39 is 6.10 Å². The maximum Gasteiger partial charge on any atom is 0.247 e. The quantitative estimate of drug-likeness (QED) is 0.709. The number of anilines is 2. The molecule has 0 spiro atoms. The van der Waals surface area contributed by atoms with Crippen LogP contribution in [0.1, 0.15) is 6.42 Å². The second kappa shape index (κ2) is 8.99. The molecule has 1 fully saturated rings. The maximum absolute atomic E-state index is 9.67. The molecule has 1 aromatic carbocycles. The number of nitrogens with zero attached hydrogens (tertiary/aromatic N) is 4. The molecule has 2 heterocycles. The highest BCUT2D eigenvalue weighted by Gasteiger charge is 2.27. The largest absolute Gasteiger partial charge is 0.388 e. The molecule has 1 aliphatic rings. The third kappa shape index (κ3) is 4.77. The van der Waals surface area contributed by atoms with Crippen molar-refractivity contribution in [2.45, 2.75) is 18.6 Å².